The number of nitrogens with zero attached hydrogens (tertiary/aromatic N) is 3. The lowest BCUT2D eigenvalue weighted by Gasteiger charge is -2.26. The van der Waals surface area contributed by atoms with Crippen LogP contribution in [0.15, 0.2) is 84.9 Å². The number of carbonyl (C=O) groups is 2. The monoisotopic (exact) mass is 457 g/mol. The standard InChI is InChI=1S/C26H23N3O5/c1-32-20-15-9-12-18(16-20)25-21(24(30)22(28-27)26(31)33-2)23(17-10-5-3-6-11-17)29(34-25)19-13-7-4-8-14-19/h3-16,21,23,25H,1-2H3/t21-,23+,25-/m1/s1. The average molecular weight is 457 g/mol. The zero-order valence-corrected chi connectivity index (χ0v) is 18.7. The zero-order valence-electron chi connectivity index (χ0n) is 18.7. The Balaban J connectivity index is 1.91. The second kappa shape index (κ2) is 10.1. The lowest BCUT2D eigenvalue weighted by atomic mass is 9.81. The Morgan fingerprint density at radius 2 is 1.56 bits per heavy atom. The van der Waals surface area contributed by atoms with Crippen molar-refractivity contribution in [3.63, 3.8) is 0 Å². The van der Waals surface area contributed by atoms with Gasteiger partial charge in [-0.3, -0.25) is 9.63 Å². The van der Waals surface area contributed by atoms with E-state index in [-0.39, 0.29) is 0 Å². The number of carbonyl (C=O) groups excluding carboxylic acids is 2. The van der Waals surface area contributed by atoms with Crippen LogP contribution in [-0.4, -0.2) is 36.5 Å². The van der Waals surface area contributed by atoms with Crippen LogP contribution in [0.2, 0.25) is 0 Å². The second-order valence-corrected chi connectivity index (χ2v) is 7.65. The molecule has 1 fully saturated rings. The first-order valence-corrected chi connectivity index (χ1v) is 10.6. The van der Waals surface area contributed by atoms with Gasteiger partial charge in [0.15, 0.2) is 0 Å². The molecule has 3 aromatic carbocycles. The molecule has 0 unspecified atom stereocenters. The molecule has 0 aromatic heterocycles. The molecule has 0 amide bonds. The van der Waals surface area contributed by atoms with Crippen molar-refractivity contribution < 1.29 is 28.7 Å². The topological polar surface area (TPSA) is 101 Å². The van der Waals surface area contributed by atoms with Crippen molar-refractivity contribution in [3.05, 3.63) is 102 Å². The summed E-state index contributed by atoms with van der Waals surface area (Å²) in [5.74, 6) is -2.08. The average Bonchev–Trinajstić information content (AvgIpc) is 3.30. The van der Waals surface area contributed by atoms with E-state index in [1.54, 1.807) is 30.4 Å². The number of methoxy groups -OCH3 is 2. The van der Waals surface area contributed by atoms with Crippen molar-refractivity contribution in [2.45, 2.75) is 12.1 Å². The molecule has 172 valence electrons. The zero-order chi connectivity index (χ0) is 24.1. The molecule has 1 saturated heterocycles. The molecule has 0 spiro atoms. The van der Waals surface area contributed by atoms with Crippen molar-refractivity contribution in [3.8, 4) is 5.75 Å². The molecule has 34 heavy (non-hydrogen) atoms. The van der Waals surface area contributed by atoms with E-state index in [4.69, 9.17) is 9.57 Å². The normalized spacial score (nSPS) is 19.2. The lowest BCUT2D eigenvalue weighted by molar-refractivity contribution is -0.140. The number of anilines is 1. The molecule has 1 heterocycles. The summed E-state index contributed by atoms with van der Waals surface area (Å²) in [5.41, 5.74) is 11.0. The summed E-state index contributed by atoms with van der Waals surface area (Å²) < 4.78 is 10.1. The molecular weight excluding hydrogens is 434 g/mol. The predicted octanol–water partition coefficient (Wildman–Crippen LogP) is 3.96. The highest BCUT2D eigenvalue weighted by Crippen LogP contribution is 2.49. The van der Waals surface area contributed by atoms with E-state index in [2.05, 4.69) is 9.53 Å². The molecule has 8 heteroatoms. The fourth-order valence-electron chi connectivity index (χ4n) is 4.17. The molecule has 3 atom stereocenters. The number of rotatable bonds is 7. The molecule has 1 aliphatic heterocycles. The van der Waals surface area contributed by atoms with Crippen LogP contribution in [-0.2, 0) is 19.2 Å². The van der Waals surface area contributed by atoms with Gasteiger partial charge in [-0.1, -0.05) is 60.7 Å². The fraction of sp³-hybridized carbons (Fsp3) is 0.192. The highest BCUT2D eigenvalue weighted by atomic mass is 16.7. The quantitative estimate of drug-likeness (QED) is 0.175. The predicted molar refractivity (Wildman–Crippen MR) is 124 cm³/mol. The maximum atomic E-state index is 13.7. The number of benzene rings is 3. The smallest absolute Gasteiger partial charge is 0.441 e. The Kier molecular flexibility index (Phi) is 6.82. The van der Waals surface area contributed by atoms with E-state index in [1.807, 2.05) is 66.7 Å². The van der Waals surface area contributed by atoms with Crippen LogP contribution in [0.3, 0.4) is 0 Å². The molecule has 1 aliphatic rings. The lowest BCUT2D eigenvalue weighted by Crippen LogP contribution is -2.37. The van der Waals surface area contributed by atoms with Crippen LogP contribution in [0.25, 0.3) is 5.53 Å². The van der Waals surface area contributed by atoms with E-state index < -0.39 is 35.5 Å². The van der Waals surface area contributed by atoms with Crippen molar-refractivity contribution in [2.75, 3.05) is 19.3 Å². The Morgan fingerprint density at radius 3 is 2.18 bits per heavy atom. The molecule has 4 rings (SSSR count). The number of esters is 1. The van der Waals surface area contributed by atoms with E-state index in [9.17, 15) is 15.1 Å². The minimum Gasteiger partial charge on any atom is -0.497 e. The Labute approximate surface area is 196 Å². The molecule has 8 nitrogen and oxygen atoms in total. The van der Waals surface area contributed by atoms with Crippen molar-refractivity contribution in [2.24, 2.45) is 5.92 Å². The van der Waals surface area contributed by atoms with Crippen LogP contribution >= 0.6 is 0 Å². The molecule has 0 radical (unpaired) electrons. The summed E-state index contributed by atoms with van der Waals surface area (Å²) >= 11 is 0. The van der Waals surface area contributed by atoms with E-state index >= 15 is 0 Å². The van der Waals surface area contributed by atoms with Crippen LogP contribution < -0.4 is 9.80 Å². The third-order valence-corrected chi connectivity index (χ3v) is 5.74. The SMILES string of the molecule is COC(=O)C(=[N+]=[N-])C(=O)[C@@H]1[C@@H](c2cccc(OC)c2)ON(c2ccccc2)[C@H]1c1ccccc1. The first-order chi connectivity index (χ1) is 16.6. The largest absolute Gasteiger partial charge is 0.497 e. The molecule has 0 bridgehead atoms. The van der Waals surface area contributed by atoms with Gasteiger partial charge >= 0.3 is 11.7 Å². The van der Waals surface area contributed by atoms with Gasteiger partial charge in [-0.05, 0) is 35.4 Å². The molecular formula is C26H23N3O5. The van der Waals surface area contributed by atoms with Gasteiger partial charge in [-0.2, -0.15) is 4.79 Å². The summed E-state index contributed by atoms with van der Waals surface area (Å²) in [5, 5.41) is 1.66. The van der Waals surface area contributed by atoms with Gasteiger partial charge in [-0.25, -0.2) is 9.86 Å². The number of hydroxylamine groups is 1. The number of Topliss-reactive ketones (excluding diaryl/α,β-unsaturated/α-hetero) is 1. The van der Waals surface area contributed by atoms with Gasteiger partial charge in [0.1, 0.15) is 11.9 Å². The minimum atomic E-state index is -1.03. The van der Waals surface area contributed by atoms with Crippen LogP contribution in [0.1, 0.15) is 23.3 Å². The van der Waals surface area contributed by atoms with Gasteiger partial charge < -0.3 is 15.0 Å². The Hall–Kier alpha value is -4.26. The number of ether oxygens (including phenoxy) is 2. The summed E-state index contributed by atoms with van der Waals surface area (Å²) in [4.78, 5) is 35.4. The van der Waals surface area contributed by atoms with Gasteiger partial charge in [0.25, 0.3) is 5.78 Å². The number of para-hydroxylation sites is 1. The van der Waals surface area contributed by atoms with Gasteiger partial charge in [0, 0.05) is 0 Å². The van der Waals surface area contributed by atoms with Gasteiger partial charge in [-0.15, -0.1) is 0 Å². The summed E-state index contributed by atoms with van der Waals surface area (Å²) in [6.45, 7) is 0. The highest BCUT2D eigenvalue weighted by molar-refractivity contribution is 6.62. The van der Waals surface area contributed by atoms with Gasteiger partial charge in [0.05, 0.1) is 31.9 Å². The fourth-order valence-corrected chi connectivity index (χ4v) is 4.17. The molecule has 3 aromatic rings. The third-order valence-electron chi connectivity index (χ3n) is 5.74. The maximum Gasteiger partial charge on any atom is 0.441 e. The summed E-state index contributed by atoms with van der Waals surface area (Å²) in [7, 11) is 2.67. The molecule has 0 aliphatic carbocycles. The van der Waals surface area contributed by atoms with Crippen molar-refractivity contribution >= 4 is 23.2 Å². The Bertz CT molecular complexity index is 1230. The summed E-state index contributed by atoms with van der Waals surface area (Å²) in [6.07, 6.45) is -0.811. The minimum absolute atomic E-state index is 0.589. The number of hydrogen-bond acceptors (Lipinski definition) is 6. The third kappa shape index (κ3) is 4.32. The van der Waals surface area contributed by atoms with Crippen LogP contribution in [0.4, 0.5) is 5.69 Å². The molecule has 0 N–H and O–H groups in total. The summed E-state index contributed by atoms with van der Waals surface area (Å²) in [6, 6.07) is 25.2. The molecule has 0 saturated carbocycles. The van der Waals surface area contributed by atoms with Gasteiger partial charge in [0.2, 0.25) is 0 Å². The second-order valence-electron chi connectivity index (χ2n) is 7.65. The van der Waals surface area contributed by atoms with Crippen LogP contribution in [0.5, 0.6) is 5.75 Å². The first kappa shape index (κ1) is 22.9. The van der Waals surface area contributed by atoms with Crippen molar-refractivity contribution in [1.82, 2.24) is 0 Å². The Morgan fingerprint density at radius 1 is 0.912 bits per heavy atom. The number of ketones is 1. The number of hydrogen-bond donors (Lipinski definition) is 0. The van der Waals surface area contributed by atoms with E-state index in [0.717, 1.165) is 18.4 Å². The first-order valence-electron chi connectivity index (χ1n) is 10.6. The van der Waals surface area contributed by atoms with E-state index in [1.165, 1.54) is 0 Å². The van der Waals surface area contributed by atoms with Crippen LogP contribution in [0, 0.1) is 5.92 Å². The highest BCUT2D eigenvalue weighted by Gasteiger charge is 2.53. The maximum absolute atomic E-state index is 13.7. The van der Waals surface area contributed by atoms with Crippen molar-refractivity contribution in [1.29, 1.82) is 0 Å². The van der Waals surface area contributed by atoms with E-state index in [0.29, 0.717) is 11.3 Å².